The van der Waals surface area contributed by atoms with Crippen LogP contribution < -0.4 is 10.9 Å². The van der Waals surface area contributed by atoms with E-state index in [2.05, 4.69) is 10.9 Å². The van der Waals surface area contributed by atoms with Gasteiger partial charge in [0.25, 0.3) is 5.91 Å². The lowest BCUT2D eigenvalue weighted by molar-refractivity contribution is -0.121. The lowest BCUT2D eigenvalue weighted by atomic mass is 10.1. The second-order valence-electron chi connectivity index (χ2n) is 4.21. The van der Waals surface area contributed by atoms with Crippen LogP contribution in [0.3, 0.4) is 0 Å². The van der Waals surface area contributed by atoms with Crippen molar-refractivity contribution in [1.82, 2.24) is 10.9 Å². The molecular formula is C15H14N2O3. The molecule has 0 saturated carbocycles. The molecule has 0 heterocycles. The summed E-state index contributed by atoms with van der Waals surface area (Å²) in [6.45, 7) is 0. The first-order chi connectivity index (χ1) is 9.65. The zero-order chi connectivity index (χ0) is 14.4. The lowest BCUT2D eigenvalue weighted by Gasteiger charge is -2.07. The maximum absolute atomic E-state index is 11.7. The minimum absolute atomic E-state index is 0.120. The van der Waals surface area contributed by atoms with Crippen molar-refractivity contribution in [3.05, 3.63) is 65.7 Å². The molecular weight excluding hydrogens is 256 g/mol. The summed E-state index contributed by atoms with van der Waals surface area (Å²) in [5, 5.41) is 9.14. The molecule has 0 aliphatic carbocycles. The number of carbonyl (C=O) groups excluding carboxylic acids is 2. The van der Waals surface area contributed by atoms with Crippen molar-refractivity contribution in [3.63, 3.8) is 0 Å². The van der Waals surface area contributed by atoms with Gasteiger partial charge in [0.2, 0.25) is 5.91 Å². The van der Waals surface area contributed by atoms with Gasteiger partial charge in [0.15, 0.2) is 0 Å². The fourth-order valence-electron chi connectivity index (χ4n) is 1.63. The van der Waals surface area contributed by atoms with Gasteiger partial charge in [0.1, 0.15) is 5.75 Å². The van der Waals surface area contributed by atoms with Crippen molar-refractivity contribution in [2.75, 3.05) is 0 Å². The van der Waals surface area contributed by atoms with Crippen molar-refractivity contribution in [3.8, 4) is 5.75 Å². The Balaban J connectivity index is 1.83. The van der Waals surface area contributed by atoms with E-state index in [1.807, 2.05) is 0 Å². The summed E-state index contributed by atoms with van der Waals surface area (Å²) >= 11 is 0. The fourth-order valence-corrected chi connectivity index (χ4v) is 1.63. The Kier molecular flexibility index (Phi) is 4.34. The Morgan fingerprint density at radius 2 is 1.55 bits per heavy atom. The normalized spacial score (nSPS) is 9.80. The lowest BCUT2D eigenvalue weighted by Crippen LogP contribution is -2.42. The van der Waals surface area contributed by atoms with Crippen molar-refractivity contribution >= 4 is 11.8 Å². The molecule has 0 saturated heterocycles. The fraction of sp³-hybridized carbons (Fsp3) is 0.0667. The first kappa shape index (κ1) is 13.6. The molecule has 3 N–H and O–H groups in total. The third-order valence-electron chi connectivity index (χ3n) is 2.65. The van der Waals surface area contributed by atoms with Crippen LogP contribution in [-0.4, -0.2) is 16.9 Å². The molecule has 0 aromatic heterocycles. The Morgan fingerprint density at radius 1 is 0.900 bits per heavy atom. The first-order valence-electron chi connectivity index (χ1n) is 6.07. The highest BCUT2D eigenvalue weighted by molar-refractivity contribution is 5.95. The Morgan fingerprint density at radius 3 is 2.20 bits per heavy atom. The summed E-state index contributed by atoms with van der Waals surface area (Å²) in [6, 6.07) is 14.9. The number of phenolic OH excluding ortho intramolecular Hbond substituents is 1. The van der Waals surface area contributed by atoms with E-state index in [4.69, 9.17) is 5.11 Å². The van der Waals surface area contributed by atoms with Crippen LogP contribution >= 0.6 is 0 Å². The molecule has 20 heavy (non-hydrogen) atoms. The van der Waals surface area contributed by atoms with Gasteiger partial charge < -0.3 is 5.11 Å². The Labute approximate surface area is 116 Å². The number of benzene rings is 2. The van der Waals surface area contributed by atoms with E-state index >= 15 is 0 Å². The van der Waals surface area contributed by atoms with Crippen molar-refractivity contribution in [2.45, 2.75) is 6.42 Å². The molecule has 102 valence electrons. The van der Waals surface area contributed by atoms with Gasteiger partial charge in [-0.15, -0.1) is 0 Å². The molecule has 2 aromatic carbocycles. The largest absolute Gasteiger partial charge is 0.508 e. The van der Waals surface area contributed by atoms with Crippen LogP contribution in [-0.2, 0) is 11.2 Å². The maximum Gasteiger partial charge on any atom is 0.269 e. The van der Waals surface area contributed by atoms with Gasteiger partial charge in [-0.25, -0.2) is 0 Å². The van der Waals surface area contributed by atoms with Crippen LogP contribution in [0.25, 0.3) is 0 Å². The highest BCUT2D eigenvalue weighted by Gasteiger charge is 2.07. The number of hydrogen-bond donors (Lipinski definition) is 3. The molecule has 0 bridgehead atoms. The number of amides is 2. The third kappa shape index (κ3) is 3.84. The number of hydrogen-bond acceptors (Lipinski definition) is 3. The molecule has 2 amide bonds. The molecule has 2 aromatic rings. The van der Waals surface area contributed by atoms with E-state index in [1.165, 1.54) is 12.1 Å². The van der Waals surface area contributed by atoms with E-state index in [-0.39, 0.29) is 24.0 Å². The van der Waals surface area contributed by atoms with Crippen LogP contribution in [0.5, 0.6) is 5.75 Å². The number of hydrazine groups is 1. The topological polar surface area (TPSA) is 78.4 Å². The van der Waals surface area contributed by atoms with Crippen LogP contribution in [0.15, 0.2) is 54.6 Å². The molecule has 0 unspecified atom stereocenters. The van der Waals surface area contributed by atoms with E-state index in [0.717, 1.165) is 5.56 Å². The maximum atomic E-state index is 11.7. The number of rotatable bonds is 3. The molecule has 5 heteroatoms. The summed E-state index contributed by atoms with van der Waals surface area (Å²) in [4.78, 5) is 23.3. The Hall–Kier alpha value is -2.82. The van der Waals surface area contributed by atoms with Gasteiger partial charge in [-0.3, -0.25) is 20.4 Å². The third-order valence-corrected chi connectivity index (χ3v) is 2.65. The molecule has 2 rings (SSSR count). The molecule has 0 atom stereocenters. The first-order valence-corrected chi connectivity index (χ1v) is 6.07. The van der Waals surface area contributed by atoms with Gasteiger partial charge in [0.05, 0.1) is 6.42 Å². The predicted molar refractivity (Wildman–Crippen MR) is 73.9 cm³/mol. The standard InChI is InChI=1S/C15H14N2O3/c18-13-8-6-11(7-9-13)10-14(19)16-17-15(20)12-4-2-1-3-5-12/h1-9,18H,10H2,(H,16,19)(H,17,20). The summed E-state index contributed by atoms with van der Waals surface area (Å²) in [5.41, 5.74) is 5.90. The van der Waals surface area contributed by atoms with Gasteiger partial charge in [-0.2, -0.15) is 0 Å². The van der Waals surface area contributed by atoms with Crippen molar-refractivity contribution < 1.29 is 14.7 Å². The van der Waals surface area contributed by atoms with Crippen LogP contribution in [0.2, 0.25) is 0 Å². The quantitative estimate of drug-likeness (QED) is 0.738. The van der Waals surface area contributed by atoms with Gasteiger partial charge in [-0.05, 0) is 29.8 Å². The van der Waals surface area contributed by atoms with Crippen LogP contribution in [0, 0.1) is 0 Å². The van der Waals surface area contributed by atoms with Crippen LogP contribution in [0.4, 0.5) is 0 Å². The van der Waals surface area contributed by atoms with Gasteiger partial charge in [0, 0.05) is 5.56 Å². The highest BCUT2D eigenvalue weighted by atomic mass is 16.3. The summed E-state index contributed by atoms with van der Waals surface area (Å²) < 4.78 is 0. The smallest absolute Gasteiger partial charge is 0.269 e. The van der Waals surface area contributed by atoms with E-state index in [0.29, 0.717) is 5.56 Å². The average molecular weight is 270 g/mol. The number of nitrogens with one attached hydrogen (secondary N) is 2. The number of aromatic hydroxyl groups is 1. The zero-order valence-corrected chi connectivity index (χ0v) is 10.7. The second-order valence-corrected chi connectivity index (χ2v) is 4.21. The Bertz CT molecular complexity index is 594. The highest BCUT2D eigenvalue weighted by Crippen LogP contribution is 2.09. The summed E-state index contributed by atoms with van der Waals surface area (Å²) in [7, 11) is 0. The minimum atomic E-state index is -0.371. The monoisotopic (exact) mass is 270 g/mol. The predicted octanol–water partition coefficient (Wildman–Crippen LogP) is 1.40. The zero-order valence-electron chi connectivity index (χ0n) is 10.7. The average Bonchev–Trinajstić information content (AvgIpc) is 2.48. The van der Waals surface area contributed by atoms with Gasteiger partial charge >= 0.3 is 0 Å². The molecule has 5 nitrogen and oxygen atoms in total. The van der Waals surface area contributed by atoms with E-state index < -0.39 is 0 Å². The van der Waals surface area contributed by atoms with E-state index in [9.17, 15) is 9.59 Å². The van der Waals surface area contributed by atoms with Gasteiger partial charge in [-0.1, -0.05) is 30.3 Å². The molecule has 0 radical (unpaired) electrons. The number of carbonyl (C=O) groups is 2. The van der Waals surface area contributed by atoms with Crippen molar-refractivity contribution in [2.24, 2.45) is 0 Å². The van der Waals surface area contributed by atoms with Crippen LogP contribution in [0.1, 0.15) is 15.9 Å². The SMILES string of the molecule is O=C(Cc1ccc(O)cc1)NNC(=O)c1ccccc1. The summed E-state index contributed by atoms with van der Waals surface area (Å²) in [6.07, 6.45) is 0.120. The summed E-state index contributed by atoms with van der Waals surface area (Å²) in [5.74, 6) is -0.559. The molecule has 0 spiro atoms. The molecule has 0 aliphatic heterocycles. The van der Waals surface area contributed by atoms with E-state index in [1.54, 1.807) is 42.5 Å². The van der Waals surface area contributed by atoms with Crippen molar-refractivity contribution in [1.29, 1.82) is 0 Å². The molecule has 0 aliphatic rings. The second kappa shape index (κ2) is 6.38. The molecule has 0 fully saturated rings. The minimum Gasteiger partial charge on any atom is -0.508 e. The number of phenols is 1.